The SMILES string of the molecule is NC(=O)c1[nH]c2c(NCCC(=O)O)cc(Cl)cc2c1S(=O)(=O)N1CCOC(CO)C1. The van der Waals surface area contributed by atoms with Gasteiger partial charge in [0.2, 0.25) is 10.0 Å². The number of morpholine rings is 1. The minimum Gasteiger partial charge on any atom is -0.481 e. The number of aliphatic hydroxyl groups excluding tert-OH is 1. The fraction of sp³-hybridized carbons (Fsp3) is 0.412. The van der Waals surface area contributed by atoms with E-state index in [9.17, 15) is 23.1 Å². The average molecular weight is 461 g/mol. The molecule has 1 aliphatic heterocycles. The summed E-state index contributed by atoms with van der Waals surface area (Å²) >= 11 is 6.16. The Labute approximate surface area is 176 Å². The van der Waals surface area contributed by atoms with Gasteiger partial charge in [-0.1, -0.05) is 11.6 Å². The lowest BCUT2D eigenvalue weighted by Gasteiger charge is -2.31. The molecule has 0 spiro atoms. The van der Waals surface area contributed by atoms with Crippen molar-refractivity contribution < 1.29 is 33.0 Å². The lowest BCUT2D eigenvalue weighted by Crippen LogP contribution is -2.47. The Kier molecular flexibility index (Phi) is 6.53. The van der Waals surface area contributed by atoms with E-state index in [0.29, 0.717) is 5.69 Å². The average Bonchev–Trinajstić information content (AvgIpc) is 3.08. The summed E-state index contributed by atoms with van der Waals surface area (Å²) in [4.78, 5) is 25.2. The predicted octanol–water partition coefficient (Wildman–Crippen LogP) is 0.189. The van der Waals surface area contributed by atoms with Gasteiger partial charge in [0.05, 0.1) is 36.9 Å². The van der Waals surface area contributed by atoms with E-state index in [-0.39, 0.29) is 65.8 Å². The molecule has 6 N–H and O–H groups in total. The van der Waals surface area contributed by atoms with Crippen LogP contribution in [0.25, 0.3) is 10.9 Å². The van der Waals surface area contributed by atoms with E-state index in [4.69, 9.17) is 27.2 Å². The number of hydrogen-bond donors (Lipinski definition) is 5. The molecule has 1 aliphatic rings. The van der Waals surface area contributed by atoms with Crippen LogP contribution in [0.3, 0.4) is 0 Å². The van der Waals surface area contributed by atoms with E-state index in [0.717, 1.165) is 4.31 Å². The van der Waals surface area contributed by atoms with Gasteiger partial charge >= 0.3 is 5.97 Å². The molecular weight excluding hydrogens is 440 g/mol. The van der Waals surface area contributed by atoms with Crippen molar-refractivity contribution in [2.45, 2.75) is 17.4 Å². The first-order chi connectivity index (χ1) is 14.1. The summed E-state index contributed by atoms with van der Waals surface area (Å²) in [5.41, 5.74) is 5.70. The van der Waals surface area contributed by atoms with Crippen LogP contribution in [0.1, 0.15) is 16.9 Å². The number of carboxylic acids is 1. The third kappa shape index (κ3) is 4.37. The number of aromatic nitrogens is 1. The first kappa shape index (κ1) is 22.3. The number of nitrogens with zero attached hydrogens (tertiary/aromatic N) is 1. The standard InChI is InChI=1S/C17H21ClN4O7S/c18-9-5-11-14(12(6-9)20-2-1-13(24)25)21-15(17(19)26)16(11)30(27,28)22-3-4-29-10(7-22)8-23/h5-6,10,20-21,23H,1-4,7-8H2,(H2,19,26)(H,24,25). The number of rotatable bonds is 8. The quantitative estimate of drug-likeness (QED) is 0.370. The number of carboxylic acid groups (broad SMARTS) is 1. The van der Waals surface area contributed by atoms with Crippen molar-refractivity contribution in [2.75, 3.05) is 38.2 Å². The van der Waals surface area contributed by atoms with E-state index in [1.165, 1.54) is 12.1 Å². The highest BCUT2D eigenvalue weighted by Gasteiger charge is 2.36. The summed E-state index contributed by atoms with van der Waals surface area (Å²) in [7, 11) is -4.20. The molecule has 11 nitrogen and oxygen atoms in total. The molecular formula is C17H21ClN4O7S. The molecule has 1 atom stereocenters. The molecule has 1 saturated heterocycles. The second kappa shape index (κ2) is 8.78. The number of hydrogen-bond acceptors (Lipinski definition) is 7. The lowest BCUT2D eigenvalue weighted by atomic mass is 10.2. The number of halogens is 1. The minimum atomic E-state index is -4.20. The van der Waals surface area contributed by atoms with E-state index in [1.54, 1.807) is 0 Å². The maximum absolute atomic E-state index is 13.4. The van der Waals surface area contributed by atoms with Crippen LogP contribution in [0.4, 0.5) is 5.69 Å². The molecule has 1 aromatic carbocycles. The molecule has 1 unspecified atom stereocenters. The summed E-state index contributed by atoms with van der Waals surface area (Å²) < 4.78 is 33.2. The van der Waals surface area contributed by atoms with E-state index >= 15 is 0 Å². The van der Waals surface area contributed by atoms with Crippen LogP contribution in [0.15, 0.2) is 17.0 Å². The van der Waals surface area contributed by atoms with Crippen molar-refractivity contribution >= 4 is 50.1 Å². The van der Waals surface area contributed by atoms with Gasteiger partial charge in [0.1, 0.15) is 10.6 Å². The van der Waals surface area contributed by atoms with E-state index in [1.807, 2.05) is 0 Å². The number of anilines is 1. The van der Waals surface area contributed by atoms with Gasteiger partial charge in [-0.3, -0.25) is 9.59 Å². The smallest absolute Gasteiger partial charge is 0.305 e. The second-order valence-electron chi connectivity index (χ2n) is 6.68. The third-order valence-corrected chi connectivity index (χ3v) is 6.80. The number of nitrogens with one attached hydrogen (secondary N) is 2. The third-order valence-electron chi connectivity index (χ3n) is 4.63. The molecule has 30 heavy (non-hydrogen) atoms. The van der Waals surface area contributed by atoms with Crippen molar-refractivity contribution in [3.05, 3.63) is 22.8 Å². The molecule has 164 valence electrons. The zero-order valence-corrected chi connectivity index (χ0v) is 17.3. The zero-order chi connectivity index (χ0) is 22.1. The number of carbonyl (C=O) groups excluding carboxylic acids is 1. The van der Waals surface area contributed by atoms with Crippen molar-refractivity contribution in [1.82, 2.24) is 9.29 Å². The first-order valence-electron chi connectivity index (χ1n) is 8.98. The number of amides is 1. The fourth-order valence-corrected chi connectivity index (χ4v) is 5.27. The van der Waals surface area contributed by atoms with Gasteiger partial charge in [-0.05, 0) is 12.1 Å². The molecule has 1 amide bonds. The zero-order valence-electron chi connectivity index (χ0n) is 15.7. The minimum absolute atomic E-state index is 0.0357. The van der Waals surface area contributed by atoms with Crippen molar-refractivity contribution in [3.8, 4) is 0 Å². The number of aliphatic carboxylic acids is 1. The highest BCUT2D eigenvalue weighted by molar-refractivity contribution is 7.89. The number of carbonyl (C=O) groups is 2. The Balaban J connectivity index is 2.13. The topological polar surface area (TPSA) is 175 Å². The number of sulfonamides is 1. The van der Waals surface area contributed by atoms with Gasteiger partial charge in [-0.25, -0.2) is 8.42 Å². The monoisotopic (exact) mass is 460 g/mol. The van der Waals surface area contributed by atoms with Crippen LogP contribution in [-0.4, -0.2) is 78.7 Å². The summed E-state index contributed by atoms with van der Waals surface area (Å²) in [5, 5.41) is 21.3. The number of ether oxygens (including phenoxy) is 1. The summed E-state index contributed by atoms with van der Waals surface area (Å²) in [6, 6.07) is 2.87. The first-order valence-corrected chi connectivity index (χ1v) is 10.8. The maximum Gasteiger partial charge on any atom is 0.305 e. The molecule has 0 aliphatic carbocycles. The Morgan fingerprint density at radius 2 is 2.13 bits per heavy atom. The molecule has 1 fully saturated rings. The normalized spacial score (nSPS) is 17.9. The highest BCUT2D eigenvalue weighted by atomic mass is 35.5. The summed E-state index contributed by atoms with van der Waals surface area (Å²) in [5.74, 6) is -2.00. The molecule has 0 bridgehead atoms. The molecule has 0 saturated carbocycles. The van der Waals surface area contributed by atoms with Crippen molar-refractivity contribution in [1.29, 1.82) is 0 Å². The number of aliphatic hydroxyl groups is 1. The molecule has 13 heteroatoms. The Bertz CT molecular complexity index is 1090. The van der Waals surface area contributed by atoms with Gasteiger partial charge in [0, 0.05) is 30.0 Å². The number of fused-ring (bicyclic) bond motifs is 1. The number of benzene rings is 1. The van der Waals surface area contributed by atoms with Crippen LogP contribution in [0, 0.1) is 0 Å². The largest absolute Gasteiger partial charge is 0.481 e. The van der Waals surface area contributed by atoms with Gasteiger partial charge in [0.25, 0.3) is 5.91 Å². The molecule has 0 radical (unpaired) electrons. The molecule has 2 heterocycles. The summed E-state index contributed by atoms with van der Waals surface area (Å²) in [6.45, 7) is -0.269. The number of primary amides is 1. The van der Waals surface area contributed by atoms with Gasteiger partial charge < -0.3 is 31.0 Å². The Morgan fingerprint density at radius 3 is 2.77 bits per heavy atom. The number of aromatic amines is 1. The second-order valence-corrected chi connectivity index (χ2v) is 8.99. The Hall–Kier alpha value is -2.38. The maximum atomic E-state index is 13.4. The lowest BCUT2D eigenvalue weighted by molar-refractivity contribution is -0.136. The molecule has 1 aromatic heterocycles. The highest BCUT2D eigenvalue weighted by Crippen LogP contribution is 2.36. The van der Waals surface area contributed by atoms with Crippen molar-refractivity contribution in [3.63, 3.8) is 0 Å². The van der Waals surface area contributed by atoms with Crippen molar-refractivity contribution in [2.24, 2.45) is 5.73 Å². The fourth-order valence-electron chi connectivity index (χ4n) is 3.27. The van der Waals surface area contributed by atoms with Crippen LogP contribution < -0.4 is 11.1 Å². The van der Waals surface area contributed by atoms with Gasteiger partial charge in [-0.2, -0.15) is 4.31 Å². The van der Waals surface area contributed by atoms with Gasteiger partial charge in [0.15, 0.2) is 0 Å². The van der Waals surface area contributed by atoms with Crippen LogP contribution >= 0.6 is 11.6 Å². The predicted molar refractivity (Wildman–Crippen MR) is 108 cm³/mol. The van der Waals surface area contributed by atoms with E-state index in [2.05, 4.69) is 10.3 Å². The Morgan fingerprint density at radius 1 is 1.40 bits per heavy atom. The van der Waals surface area contributed by atoms with Gasteiger partial charge in [-0.15, -0.1) is 0 Å². The van der Waals surface area contributed by atoms with E-state index < -0.39 is 28.0 Å². The van der Waals surface area contributed by atoms with Crippen LogP contribution in [0.2, 0.25) is 5.02 Å². The number of H-pyrrole nitrogens is 1. The van der Waals surface area contributed by atoms with Crippen LogP contribution in [-0.2, 0) is 19.6 Å². The molecule has 2 aromatic rings. The molecule has 3 rings (SSSR count). The summed E-state index contributed by atoms with van der Waals surface area (Å²) in [6.07, 6.45) is -0.869. The van der Waals surface area contributed by atoms with Crippen LogP contribution in [0.5, 0.6) is 0 Å². The number of nitrogens with two attached hydrogens (primary N) is 1.